The molecule has 0 atom stereocenters. The molecule has 1 aromatic heterocycles. The summed E-state index contributed by atoms with van der Waals surface area (Å²) < 4.78 is 23.8. The summed E-state index contributed by atoms with van der Waals surface area (Å²) in [4.78, 5) is 0. The zero-order chi connectivity index (χ0) is 10.9. The van der Waals surface area contributed by atoms with Crippen molar-refractivity contribution in [3.63, 3.8) is 0 Å². The highest BCUT2D eigenvalue weighted by atomic mass is 35.7. The predicted octanol–water partition coefficient (Wildman–Crippen LogP) is 1.35. The van der Waals surface area contributed by atoms with Gasteiger partial charge in [0.15, 0.2) is 0 Å². The highest BCUT2D eigenvalue weighted by Crippen LogP contribution is 2.19. The Kier molecular flexibility index (Phi) is 3.16. The van der Waals surface area contributed by atoms with Crippen LogP contribution >= 0.6 is 10.7 Å². The lowest BCUT2D eigenvalue weighted by Crippen LogP contribution is -2.11. The van der Waals surface area contributed by atoms with Gasteiger partial charge in [-0.3, -0.25) is 4.57 Å². The second kappa shape index (κ2) is 3.86. The third-order valence-electron chi connectivity index (χ3n) is 1.79. The SMILES string of the molecule is CCc1nnc(S(=O)(=O)Cl)n1C(C)C. The molecule has 0 N–H and O–H groups in total. The normalized spacial score (nSPS) is 12.4. The van der Waals surface area contributed by atoms with Crippen LogP contribution in [0.5, 0.6) is 0 Å². The molecule has 1 rings (SSSR count). The van der Waals surface area contributed by atoms with Gasteiger partial charge < -0.3 is 0 Å². The fourth-order valence-corrected chi connectivity index (χ4v) is 2.24. The Bertz CT molecular complexity index is 424. The lowest BCUT2D eigenvalue weighted by atomic mass is 10.3. The van der Waals surface area contributed by atoms with Gasteiger partial charge in [0.05, 0.1) is 0 Å². The molecule has 0 saturated carbocycles. The summed E-state index contributed by atoms with van der Waals surface area (Å²) in [7, 11) is 1.42. The standard InChI is InChI=1S/C7H12ClN3O2S/c1-4-6-9-10-7(14(8,12)13)11(6)5(2)3/h5H,4H2,1-3H3. The molecule has 7 heteroatoms. The van der Waals surface area contributed by atoms with Crippen LogP contribution in [0.15, 0.2) is 5.16 Å². The monoisotopic (exact) mass is 237 g/mol. The molecule has 0 unspecified atom stereocenters. The van der Waals surface area contributed by atoms with Crippen LogP contribution in [0.3, 0.4) is 0 Å². The molecule has 14 heavy (non-hydrogen) atoms. The van der Waals surface area contributed by atoms with Gasteiger partial charge in [-0.05, 0) is 13.8 Å². The van der Waals surface area contributed by atoms with E-state index in [1.807, 2.05) is 20.8 Å². The highest BCUT2D eigenvalue weighted by molar-refractivity contribution is 8.13. The first kappa shape index (κ1) is 11.5. The molecule has 5 nitrogen and oxygen atoms in total. The van der Waals surface area contributed by atoms with Crippen LogP contribution in [0.4, 0.5) is 0 Å². The van der Waals surface area contributed by atoms with Crippen LogP contribution in [-0.4, -0.2) is 23.2 Å². The number of aromatic nitrogens is 3. The largest absolute Gasteiger partial charge is 0.298 e. The maximum atomic E-state index is 11.1. The molecule has 0 aliphatic carbocycles. The van der Waals surface area contributed by atoms with Crippen molar-refractivity contribution in [3.8, 4) is 0 Å². The lowest BCUT2D eigenvalue weighted by molar-refractivity contribution is 0.510. The van der Waals surface area contributed by atoms with Gasteiger partial charge in [0.2, 0.25) is 0 Å². The van der Waals surface area contributed by atoms with E-state index in [2.05, 4.69) is 10.2 Å². The van der Waals surface area contributed by atoms with Crippen LogP contribution in [0.2, 0.25) is 0 Å². The van der Waals surface area contributed by atoms with Gasteiger partial charge >= 0.3 is 0 Å². The minimum absolute atomic E-state index is 0.0246. The van der Waals surface area contributed by atoms with E-state index in [1.165, 1.54) is 4.57 Å². The van der Waals surface area contributed by atoms with Crippen LogP contribution in [0.1, 0.15) is 32.6 Å². The van der Waals surface area contributed by atoms with E-state index in [-0.39, 0.29) is 11.2 Å². The molecule has 1 heterocycles. The summed E-state index contributed by atoms with van der Waals surface area (Å²) in [5, 5.41) is 7.17. The van der Waals surface area contributed by atoms with Crippen molar-refractivity contribution in [3.05, 3.63) is 5.82 Å². The fraction of sp³-hybridized carbons (Fsp3) is 0.714. The first-order valence-electron chi connectivity index (χ1n) is 4.26. The van der Waals surface area contributed by atoms with Crippen molar-refractivity contribution in [1.29, 1.82) is 0 Å². The zero-order valence-corrected chi connectivity index (χ0v) is 9.80. The molecule has 0 spiro atoms. The Labute approximate surface area is 87.5 Å². The van der Waals surface area contributed by atoms with Crippen molar-refractivity contribution in [1.82, 2.24) is 14.8 Å². The quantitative estimate of drug-likeness (QED) is 0.745. The first-order chi connectivity index (χ1) is 6.38. The molecule has 0 aliphatic rings. The molecular weight excluding hydrogens is 226 g/mol. The minimum Gasteiger partial charge on any atom is -0.298 e. The van der Waals surface area contributed by atoms with E-state index in [1.54, 1.807) is 0 Å². The molecule has 0 aromatic carbocycles. The average molecular weight is 238 g/mol. The Hall–Kier alpha value is -0.620. The molecule has 1 aromatic rings. The molecule has 0 saturated heterocycles. The Morgan fingerprint density at radius 3 is 2.36 bits per heavy atom. The van der Waals surface area contributed by atoms with Crippen LogP contribution < -0.4 is 0 Å². The summed E-state index contributed by atoms with van der Waals surface area (Å²) in [6.07, 6.45) is 0.623. The van der Waals surface area contributed by atoms with Crippen molar-refractivity contribution in [2.75, 3.05) is 0 Å². The van der Waals surface area contributed by atoms with E-state index in [0.717, 1.165) is 0 Å². The maximum absolute atomic E-state index is 11.1. The smallest absolute Gasteiger partial charge is 0.296 e. The van der Waals surface area contributed by atoms with Gasteiger partial charge in [0.25, 0.3) is 14.2 Å². The van der Waals surface area contributed by atoms with Gasteiger partial charge in [0, 0.05) is 23.1 Å². The molecule has 0 aliphatic heterocycles. The predicted molar refractivity (Wildman–Crippen MR) is 52.8 cm³/mol. The van der Waals surface area contributed by atoms with Gasteiger partial charge in [0.1, 0.15) is 5.82 Å². The second-order valence-corrected chi connectivity index (χ2v) is 5.61. The van der Waals surface area contributed by atoms with Crippen molar-refractivity contribution in [2.45, 2.75) is 38.4 Å². The molecule has 80 valence electrons. The zero-order valence-electron chi connectivity index (χ0n) is 8.23. The highest BCUT2D eigenvalue weighted by Gasteiger charge is 2.23. The van der Waals surface area contributed by atoms with Crippen molar-refractivity contribution >= 4 is 19.7 Å². The van der Waals surface area contributed by atoms with Crippen molar-refractivity contribution in [2.24, 2.45) is 0 Å². The molecule has 0 fully saturated rings. The van der Waals surface area contributed by atoms with Gasteiger partial charge in [-0.15, -0.1) is 10.2 Å². The van der Waals surface area contributed by atoms with E-state index in [9.17, 15) is 8.42 Å². The van der Waals surface area contributed by atoms with Crippen LogP contribution in [-0.2, 0) is 15.5 Å². The topological polar surface area (TPSA) is 64.8 Å². The Morgan fingerprint density at radius 1 is 1.43 bits per heavy atom. The molecule has 0 bridgehead atoms. The summed E-state index contributed by atoms with van der Waals surface area (Å²) >= 11 is 0. The van der Waals surface area contributed by atoms with E-state index in [0.29, 0.717) is 12.2 Å². The molecule has 0 amide bonds. The van der Waals surface area contributed by atoms with E-state index >= 15 is 0 Å². The maximum Gasteiger partial charge on any atom is 0.296 e. The number of aryl methyl sites for hydroxylation is 1. The van der Waals surface area contributed by atoms with Crippen molar-refractivity contribution < 1.29 is 8.42 Å². The third-order valence-corrected chi connectivity index (χ3v) is 2.91. The third kappa shape index (κ3) is 2.06. The number of nitrogens with zero attached hydrogens (tertiary/aromatic N) is 3. The second-order valence-electron chi connectivity index (χ2n) is 3.15. The summed E-state index contributed by atoms with van der Waals surface area (Å²) in [6.45, 7) is 5.59. The van der Waals surface area contributed by atoms with Gasteiger partial charge in [-0.1, -0.05) is 6.92 Å². The Balaban J connectivity index is 3.40. The summed E-state index contributed by atoms with van der Waals surface area (Å²) in [5.74, 6) is 0.624. The first-order valence-corrected chi connectivity index (χ1v) is 6.57. The fourth-order valence-electron chi connectivity index (χ4n) is 1.23. The average Bonchev–Trinajstić information content (AvgIpc) is 2.45. The minimum atomic E-state index is -3.81. The van der Waals surface area contributed by atoms with Crippen LogP contribution in [0.25, 0.3) is 0 Å². The lowest BCUT2D eigenvalue weighted by Gasteiger charge is -2.10. The Morgan fingerprint density at radius 2 is 2.00 bits per heavy atom. The molecular formula is C7H12ClN3O2S. The van der Waals surface area contributed by atoms with E-state index in [4.69, 9.17) is 10.7 Å². The van der Waals surface area contributed by atoms with Crippen LogP contribution in [0, 0.1) is 0 Å². The van der Waals surface area contributed by atoms with E-state index < -0.39 is 9.05 Å². The number of hydrogen-bond donors (Lipinski definition) is 0. The molecule has 0 radical (unpaired) electrons. The number of halogens is 1. The number of rotatable bonds is 3. The number of hydrogen-bond acceptors (Lipinski definition) is 4. The summed E-state index contributed by atoms with van der Waals surface area (Å²) in [6, 6.07) is -0.0246. The van der Waals surface area contributed by atoms with Gasteiger partial charge in [-0.25, -0.2) is 8.42 Å². The van der Waals surface area contributed by atoms with Gasteiger partial charge in [-0.2, -0.15) is 0 Å². The summed E-state index contributed by atoms with van der Waals surface area (Å²) in [5.41, 5.74) is 0.